The van der Waals surface area contributed by atoms with E-state index in [-0.39, 0.29) is 11.0 Å². The van der Waals surface area contributed by atoms with Crippen molar-refractivity contribution in [1.29, 1.82) is 0 Å². The molecule has 1 N–H and O–H groups in total. The standard InChI is InChI=1S/C14H26O/c1-2-13(9-5-3-6-10-13)14(15)11-7-4-8-12-14/h15H,2-12H2,1H3. The first-order valence-corrected chi connectivity index (χ1v) is 6.95. The van der Waals surface area contributed by atoms with E-state index in [1.54, 1.807) is 0 Å². The van der Waals surface area contributed by atoms with Crippen LogP contribution in [-0.2, 0) is 0 Å². The predicted octanol–water partition coefficient (Wildman–Crippen LogP) is 4.04. The van der Waals surface area contributed by atoms with Crippen molar-refractivity contribution in [3.8, 4) is 0 Å². The van der Waals surface area contributed by atoms with Crippen molar-refractivity contribution in [3.05, 3.63) is 0 Å². The summed E-state index contributed by atoms with van der Waals surface area (Å²) in [6.07, 6.45) is 13.8. The molecule has 0 amide bonds. The van der Waals surface area contributed by atoms with E-state index in [4.69, 9.17) is 0 Å². The van der Waals surface area contributed by atoms with Gasteiger partial charge in [-0.05, 0) is 37.5 Å². The SMILES string of the molecule is CCC1(C2(O)CCCCC2)CCCCC1. The minimum absolute atomic E-state index is 0.283. The molecule has 0 aliphatic heterocycles. The molecular formula is C14H26O. The number of rotatable bonds is 2. The zero-order chi connectivity index (χ0) is 10.8. The molecule has 0 atom stereocenters. The summed E-state index contributed by atoms with van der Waals surface area (Å²) in [5.74, 6) is 0. The largest absolute Gasteiger partial charge is 0.389 e. The minimum atomic E-state index is -0.305. The van der Waals surface area contributed by atoms with Crippen molar-refractivity contribution >= 4 is 0 Å². The minimum Gasteiger partial charge on any atom is -0.389 e. The van der Waals surface area contributed by atoms with Crippen molar-refractivity contribution in [2.75, 3.05) is 0 Å². The normalized spacial score (nSPS) is 30.0. The van der Waals surface area contributed by atoms with Crippen LogP contribution < -0.4 is 0 Å². The van der Waals surface area contributed by atoms with Crippen molar-refractivity contribution in [2.24, 2.45) is 5.41 Å². The van der Waals surface area contributed by atoms with Gasteiger partial charge in [0.2, 0.25) is 0 Å². The van der Waals surface area contributed by atoms with Crippen molar-refractivity contribution < 1.29 is 5.11 Å². The van der Waals surface area contributed by atoms with Crippen LogP contribution in [0.4, 0.5) is 0 Å². The lowest BCUT2D eigenvalue weighted by atomic mass is 9.57. The third-order valence-corrected chi connectivity index (χ3v) is 5.16. The molecule has 2 fully saturated rings. The lowest BCUT2D eigenvalue weighted by Crippen LogP contribution is -2.50. The maximum Gasteiger partial charge on any atom is 0.0703 e. The van der Waals surface area contributed by atoms with E-state index in [1.165, 1.54) is 57.8 Å². The van der Waals surface area contributed by atoms with Gasteiger partial charge in [0, 0.05) is 0 Å². The van der Waals surface area contributed by atoms with Gasteiger partial charge < -0.3 is 5.11 Å². The Morgan fingerprint density at radius 2 is 1.27 bits per heavy atom. The molecule has 1 nitrogen and oxygen atoms in total. The molecule has 0 saturated heterocycles. The van der Waals surface area contributed by atoms with Crippen LogP contribution >= 0.6 is 0 Å². The molecule has 0 radical (unpaired) electrons. The van der Waals surface area contributed by atoms with Crippen LogP contribution in [-0.4, -0.2) is 10.7 Å². The zero-order valence-corrected chi connectivity index (χ0v) is 10.2. The third-order valence-electron chi connectivity index (χ3n) is 5.16. The van der Waals surface area contributed by atoms with Crippen molar-refractivity contribution in [1.82, 2.24) is 0 Å². The van der Waals surface area contributed by atoms with Gasteiger partial charge in [-0.1, -0.05) is 45.4 Å². The van der Waals surface area contributed by atoms with Crippen LogP contribution in [0.15, 0.2) is 0 Å². The monoisotopic (exact) mass is 210 g/mol. The van der Waals surface area contributed by atoms with Crippen LogP contribution in [0.25, 0.3) is 0 Å². The molecule has 15 heavy (non-hydrogen) atoms. The van der Waals surface area contributed by atoms with Crippen LogP contribution in [0.1, 0.15) is 77.6 Å². The molecule has 2 aliphatic rings. The summed E-state index contributed by atoms with van der Waals surface area (Å²) in [6.45, 7) is 2.29. The van der Waals surface area contributed by atoms with E-state index in [2.05, 4.69) is 6.92 Å². The number of hydrogen-bond donors (Lipinski definition) is 1. The fraction of sp³-hybridized carbons (Fsp3) is 1.00. The van der Waals surface area contributed by atoms with E-state index in [0.717, 1.165) is 12.8 Å². The topological polar surface area (TPSA) is 20.2 Å². The molecule has 1 heteroatoms. The first-order chi connectivity index (χ1) is 7.22. The average Bonchev–Trinajstić information content (AvgIpc) is 2.31. The van der Waals surface area contributed by atoms with E-state index in [1.807, 2.05) is 0 Å². The molecule has 0 spiro atoms. The lowest BCUT2D eigenvalue weighted by molar-refractivity contribution is -0.128. The van der Waals surface area contributed by atoms with Gasteiger partial charge in [0.25, 0.3) is 0 Å². The van der Waals surface area contributed by atoms with Crippen LogP contribution in [0.2, 0.25) is 0 Å². The first-order valence-electron chi connectivity index (χ1n) is 6.95. The molecular weight excluding hydrogens is 184 g/mol. The van der Waals surface area contributed by atoms with Gasteiger partial charge >= 0.3 is 0 Å². The summed E-state index contributed by atoms with van der Waals surface area (Å²) in [4.78, 5) is 0. The molecule has 0 aromatic carbocycles. The zero-order valence-electron chi connectivity index (χ0n) is 10.2. The van der Waals surface area contributed by atoms with Gasteiger partial charge in [0.1, 0.15) is 0 Å². The first kappa shape index (κ1) is 11.4. The average molecular weight is 210 g/mol. The Hall–Kier alpha value is -0.0400. The second kappa shape index (κ2) is 4.45. The van der Waals surface area contributed by atoms with Crippen LogP contribution in [0.3, 0.4) is 0 Å². The highest BCUT2D eigenvalue weighted by Crippen LogP contribution is 2.52. The Bertz CT molecular complexity index is 197. The third kappa shape index (κ3) is 1.95. The molecule has 2 saturated carbocycles. The Morgan fingerprint density at radius 3 is 1.73 bits per heavy atom. The highest BCUT2D eigenvalue weighted by Gasteiger charge is 2.49. The number of hydrogen-bond acceptors (Lipinski definition) is 1. The molecule has 0 bridgehead atoms. The molecule has 88 valence electrons. The Balaban J connectivity index is 2.15. The Morgan fingerprint density at radius 1 is 0.800 bits per heavy atom. The maximum absolute atomic E-state index is 10.9. The number of aliphatic hydroxyl groups is 1. The summed E-state index contributed by atoms with van der Waals surface area (Å²) < 4.78 is 0. The summed E-state index contributed by atoms with van der Waals surface area (Å²) in [6, 6.07) is 0. The van der Waals surface area contributed by atoms with E-state index in [9.17, 15) is 5.11 Å². The Labute approximate surface area is 94.3 Å². The molecule has 0 heterocycles. The Kier molecular flexibility index (Phi) is 3.39. The van der Waals surface area contributed by atoms with E-state index in [0.29, 0.717) is 0 Å². The summed E-state index contributed by atoms with van der Waals surface area (Å²) >= 11 is 0. The molecule has 2 aliphatic carbocycles. The maximum atomic E-state index is 10.9. The van der Waals surface area contributed by atoms with Gasteiger partial charge in [-0.15, -0.1) is 0 Å². The highest BCUT2D eigenvalue weighted by molar-refractivity contribution is 5.00. The molecule has 0 aromatic heterocycles. The highest BCUT2D eigenvalue weighted by atomic mass is 16.3. The van der Waals surface area contributed by atoms with Gasteiger partial charge in [-0.2, -0.15) is 0 Å². The summed E-state index contributed by atoms with van der Waals surface area (Å²) in [5.41, 5.74) is -0.0217. The quantitative estimate of drug-likeness (QED) is 0.729. The molecule has 0 unspecified atom stereocenters. The van der Waals surface area contributed by atoms with Crippen molar-refractivity contribution in [2.45, 2.75) is 83.2 Å². The smallest absolute Gasteiger partial charge is 0.0703 e. The predicted molar refractivity (Wildman–Crippen MR) is 63.8 cm³/mol. The van der Waals surface area contributed by atoms with Crippen molar-refractivity contribution in [3.63, 3.8) is 0 Å². The second-order valence-corrected chi connectivity index (χ2v) is 5.79. The van der Waals surface area contributed by atoms with E-state index >= 15 is 0 Å². The summed E-state index contributed by atoms with van der Waals surface area (Å²) in [7, 11) is 0. The second-order valence-electron chi connectivity index (χ2n) is 5.79. The summed E-state index contributed by atoms with van der Waals surface area (Å²) in [5, 5.41) is 10.9. The lowest BCUT2D eigenvalue weighted by Gasteiger charge is -2.51. The molecule has 0 aromatic rings. The molecule has 2 rings (SSSR count). The van der Waals surface area contributed by atoms with Gasteiger partial charge in [0.15, 0.2) is 0 Å². The fourth-order valence-electron chi connectivity index (χ4n) is 4.04. The van der Waals surface area contributed by atoms with Crippen LogP contribution in [0, 0.1) is 5.41 Å². The van der Waals surface area contributed by atoms with Crippen LogP contribution in [0.5, 0.6) is 0 Å². The fourth-order valence-corrected chi connectivity index (χ4v) is 4.04. The van der Waals surface area contributed by atoms with E-state index < -0.39 is 0 Å². The van der Waals surface area contributed by atoms with Gasteiger partial charge in [-0.25, -0.2) is 0 Å². The van der Waals surface area contributed by atoms with Gasteiger partial charge in [-0.3, -0.25) is 0 Å². The van der Waals surface area contributed by atoms with Gasteiger partial charge in [0.05, 0.1) is 5.60 Å².